The van der Waals surface area contributed by atoms with Gasteiger partial charge >= 0.3 is 12.1 Å². The van der Waals surface area contributed by atoms with Gasteiger partial charge in [-0.25, -0.2) is 4.98 Å². The molecule has 4 rings (SSSR count). The van der Waals surface area contributed by atoms with Gasteiger partial charge in [0.2, 0.25) is 5.82 Å². The number of thioether (sulfide) groups is 1. The van der Waals surface area contributed by atoms with Crippen molar-refractivity contribution in [3.05, 3.63) is 54.4 Å². The summed E-state index contributed by atoms with van der Waals surface area (Å²) >= 11 is 1.67. The first-order valence-corrected chi connectivity index (χ1v) is 10.9. The van der Waals surface area contributed by atoms with E-state index in [0.717, 1.165) is 21.6 Å². The zero-order chi connectivity index (χ0) is 22.9. The SMILES string of the molecule is C[C@@H]1CCN(C(=O)COC(=O)Cn2c(C(F)(F)F)nc3ccccc32)c2ccccc2S1. The number of rotatable bonds is 4. The molecule has 0 bridgehead atoms. The highest BCUT2D eigenvalue weighted by molar-refractivity contribution is 8.00. The van der Waals surface area contributed by atoms with Crippen LogP contribution in [0.2, 0.25) is 0 Å². The number of aromatic nitrogens is 2. The van der Waals surface area contributed by atoms with Crippen molar-refractivity contribution >= 4 is 40.4 Å². The predicted molar refractivity (Wildman–Crippen MR) is 114 cm³/mol. The van der Waals surface area contributed by atoms with Crippen molar-refractivity contribution in [2.75, 3.05) is 18.1 Å². The fourth-order valence-electron chi connectivity index (χ4n) is 3.59. The first-order chi connectivity index (χ1) is 15.2. The van der Waals surface area contributed by atoms with Crippen molar-refractivity contribution < 1.29 is 27.5 Å². The van der Waals surface area contributed by atoms with Gasteiger partial charge in [0.05, 0.1) is 16.7 Å². The number of ether oxygens (including phenoxy) is 1. The zero-order valence-electron chi connectivity index (χ0n) is 17.1. The van der Waals surface area contributed by atoms with E-state index in [-0.39, 0.29) is 11.0 Å². The summed E-state index contributed by atoms with van der Waals surface area (Å²) in [7, 11) is 0. The van der Waals surface area contributed by atoms with Gasteiger partial charge in [0.15, 0.2) is 6.61 Å². The Labute approximate surface area is 186 Å². The number of amides is 1. The molecule has 3 aromatic rings. The van der Waals surface area contributed by atoms with E-state index in [1.54, 1.807) is 28.8 Å². The smallest absolute Gasteiger partial charge is 0.449 e. The molecule has 1 atom stereocenters. The minimum absolute atomic E-state index is 0.122. The number of benzene rings is 2. The van der Waals surface area contributed by atoms with Gasteiger partial charge in [-0.15, -0.1) is 11.8 Å². The molecule has 1 aliphatic rings. The number of nitrogens with zero attached hydrogens (tertiary/aromatic N) is 3. The standard InChI is InChI=1S/C22H20F3N3O3S/c1-14-10-11-27(17-8-4-5-9-18(17)32-14)19(29)13-31-20(30)12-28-16-7-3-2-6-15(16)26-21(28)22(23,24)25/h2-9,14H,10-13H2,1H3/t14-/m1/s1. The van der Waals surface area contributed by atoms with E-state index < -0.39 is 37.0 Å². The zero-order valence-corrected chi connectivity index (χ0v) is 17.9. The minimum Gasteiger partial charge on any atom is -0.454 e. The average molecular weight is 463 g/mol. The third kappa shape index (κ3) is 4.59. The van der Waals surface area contributed by atoms with Crippen molar-refractivity contribution in [1.29, 1.82) is 0 Å². The number of carbonyl (C=O) groups excluding carboxylic acids is 2. The average Bonchev–Trinajstić information content (AvgIpc) is 3.03. The summed E-state index contributed by atoms with van der Waals surface area (Å²) in [5.74, 6) is -2.56. The summed E-state index contributed by atoms with van der Waals surface area (Å²) in [5, 5.41) is 0.312. The van der Waals surface area contributed by atoms with E-state index in [0.29, 0.717) is 11.8 Å². The molecule has 1 aromatic heterocycles. The first-order valence-electron chi connectivity index (χ1n) is 9.98. The molecule has 1 aliphatic heterocycles. The molecule has 0 N–H and O–H groups in total. The summed E-state index contributed by atoms with van der Waals surface area (Å²) in [4.78, 5) is 31.3. The maximum absolute atomic E-state index is 13.4. The number of carbonyl (C=O) groups is 2. The van der Waals surface area contributed by atoms with Gasteiger partial charge in [-0.2, -0.15) is 13.2 Å². The Balaban J connectivity index is 1.48. The second-order valence-corrected chi connectivity index (χ2v) is 8.88. The number of imidazole rings is 1. The van der Waals surface area contributed by atoms with Crippen LogP contribution in [0.5, 0.6) is 0 Å². The van der Waals surface area contributed by atoms with Crippen LogP contribution in [-0.2, 0) is 27.0 Å². The number of esters is 1. The summed E-state index contributed by atoms with van der Waals surface area (Å²) in [6.07, 6.45) is -3.98. The Kier molecular flexibility index (Phi) is 6.14. The molecular weight excluding hydrogens is 443 g/mol. The molecule has 0 fully saturated rings. The van der Waals surface area contributed by atoms with Gasteiger partial charge in [-0.1, -0.05) is 31.2 Å². The van der Waals surface area contributed by atoms with Gasteiger partial charge in [0.25, 0.3) is 5.91 Å². The normalized spacial score (nSPS) is 16.5. The molecule has 32 heavy (non-hydrogen) atoms. The molecule has 0 saturated heterocycles. The Morgan fingerprint density at radius 2 is 1.88 bits per heavy atom. The second-order valence-electron chi connectivity index (χ2n) is 7.40. The van der Waals surface area contributed by atoms with Gasteiger partial charge in [-0.3, -0.25) is 9.59 Å². The van der Waals surface area contributed by atoms with Crippen LogP contribution in [0.3, 0.4) is 0 Å². The minimum atomic E-state index is -4.74. The second kappa shape index (κ2) is 8.85. The molecule has 0 spiro atoms. The lowest BCUT2D eigenvalue weighted by atomic mass is 10.2. The van der Waals surface area contributed by atoms with Gasteiger partial charge < -0.3 is 14.2 Å². The molecular formula is C22H20F3N3O3S. The van der Waals surface area contributed by atoms with Crippen LogP contribution in [0.4, 0.5) is 18.9 Å². The van der Waals surface area contributed by atoms with Gasteiger partial charge in [-0.05, 0) is 30.7 Å². The number of alkyl halides is 3. The molecule has 0 aliphatic carbocycles. The molecule has 1 amide bonds. The summed E-state index contributed by atoms with van der Waals surface area (Å²) in [6, 6.07) is 13.5. The van der Waals surface area contributed by atoms with E-state index in [4.69, 9.17) is 4.74 Å². The Bertz CT molecular complexity index is 1160. The lowest BCUT2D eigenvalue weighted by Gasteiger charge is -2.22. The lowest BCUT2D eigenvalue weighted by Crippen LogP contribution is -2.36. The van der Waals surface area contributed by atoms with Crippen molar-refractivity contribution in [2.24, 2.45) is 0 Å². The van der Waals surface area contributed by atoms with E-state index in [1.165, 1.54) is 12.1 Å². The fourth-order valence-corrected chi connectivity index (χ4v) is 4.71. The predicted octanol–water partition coefficient (Wildman–Crippen LogP) is 4.52. The number of fused-ring (bicyclic) bond motifs is 2. The van der Waals surface area contributed by atoms with Crippen LogP contribution in [0.1, 0.15) is 19.2 Å². The largest absolute Gasteiger partial charge is 0.454 e. The van der Waals surface area contributed by atoms with Crippen molar-refractivity contribution in [2.45, 2.75) is 36.2 Å². The van der Waals surface area contributed by atoms with Crippen LogP contribution in [0.15, 0.2) is 53.4 Å². The van der Waals surface area contributed by atoms with Crippen LogP contribution in [-0.4, -0.2) is 39.8 Å². The van der Waals surface area contributed by atoms with E-state index in [1.807, 2.05) is 24.3 Å². The van der Waals surface area contributed by atoms with Crippen LogP contribution in [0, 0.1) is 0 Å². The van der Waals surface area contributed by atoms with Gasteiger partial charge in [0.1, 0.15) is 6.54 Å². The van der Waals surface area contributed by atoms with Crippen molar-refractivity contribution in [3.8, 4) is 0 Å². The van der Waals surface area contributed by atoms with Gasteiger partial charge in [0, 0.05) is 16.7 Å². The highest BCUT2D eigenvalue weighted by Gasteiger charge is 2.38. The first kappa shape index (κ1) is 22.2. The maximum Gasteiger partial charge on any atom is 0.449 e. The maximum atomic E-state index is 13.4. The molecule has 0 radical (unpaired) electrons. The fraction of sp³-hybridized carbons (Fsp3) is 0.318. The molecule has 0 unspecified atom stereocenters. The van der Waals surface area contributed by atoms with Crippen molar-refractivity contribution in [1.82, 2.24) is 9.55 Å². The van der Waals surface area contributed by atoms with Crippen LogP contribution >= 0.6 is 11.8 Å². The number of hydrogen-bond acceptors (Lipinski definition) is 5. The quantitative estimate of drug-likeness (QED) is 0.533. The number of anilines is 1. The van der Waals surface area contributed by atoms with Crippen LogP contribution < -0.4 is 4.90 Å². The highest BCUT2D eigenvalue weighted by atomic mass is 32.2. The Morgan fingerprint density at radius 1 is 1.16 bits per heavy atom. The Hall–Kier alpha value is -3.01. The number of para-hydroxylation sites is 3. The molecule has 6 nitrogen and oxygen atoms in total. The van der Waals surface area contributed by atoms with E-state index in [2.05, 4.69) is 11.9 Å². The summed E-state index contributed by atoms with van der Waals surface area (Å²) < 4.78 is 46.1. The van der Waals surface area contributed by atoms with Crippen molar-refractivity contribution in [3.63, 3.8) is 0 Å². The summed E-state index contributed by atoms with van der Waals surface area (Å²) in [5.41, 5.74) is 1.02. The van der Waals surface area contributed by atoms with E-state index >= 15 is 0 Å². The monoisotopic (exact) mass is 463 g/mol. The highest BCUT2D eigenvalue weighted by Crippen LogP contribution is 2.37. The molecule has 0 saturated carbocycles. The number of halogens is 3. The summed E-state index contributed by atoms with van der Waals surface area (Å²) in [6.45, 7) is 1.28. The third-order valence-electron chi connectivity index (χ3n) is 5.10. The number of hydrogen-bond donors (Lipinski definition) is 0. The molecule has 10 heteroatoms. The molecule has 2 heterocycles. The molecule has 168 valence electrons. The van der Waals surface area contributed by atoms with Crippen LogP contribution in [0.25, 0.3) is 11.0 Å². The lowest BCUT2D eigenvalue weighted by molar-refractivity contribution is -0.152. The molecule has 2 aromatic carbocycles. The topological polar surface area (TPSA) is 64.4 Å². The third-order valence-corrected chi connectivity index (χ3v) is 6.33. The van der Waals surface area contributed by atoms with E-state index in [9.17, 15) is 22.8 Å². The Morgan fingerprint density at radius 3 is 2.66 bits per heavy atom.